The average Bonchev–Trinajstić information content (AvgIpc) is 3.16. The van der Waals surface area contributed by atoms with Gasteiger partial charge < -0.3 is 14.4 Å². The number of aromatic nitrogens is 2. The fraction of sp³-hybridized carbons (Fsp3) is 0.476. The van der Waals surface area contributed by atoms with Gasteiger partial charge in [-0.15, -0.1) is 0 Å². The van der Waals surface area contributed by atoms with Gasteiger partial charge in [-0.2, -0.15) is 5.10 Å². The van der Waals surface area contributed by atoms with Crippen molar-refractivity contribution in [2.24, 2.45) is 0 Å². The third-order valence-corrected chi connectivity index (χ3v) is 4.76. The molecule has 0 bridgehead atoms. The number of ether oxygens (including phenoxy) is 2. The molecular weight excluding hydrogens is 358 g/mol. The van der Waals surface area contributed by atoms with Crippen LogP contribution in [0.4, 0.5) is 4.79 Å². The van der Waals surface area contributed by atoms with Crippen molar-refractivity contribution < 1.29 is 19.1 Å². The molecule has 0 N–H and O–H groups in total. The highest BCUT2D eigenvalue weighted by molar-refractivity contribution is 5.81. The molecule has 0 unspecified atom stereocenters. The van der Waals surface area contributed by atoms with Crippen LogP contribution in [0.5, 0.6) is 5.75 Å². The van der Waals surface area contributed by atoms with Crippen molar-refractivity contribution in [3.05, 3.63) is 36.2 Å². The number of likely N-dealkylation sites (tertiary alicyclic amines) is 1. The minimum atomic E-state index is -0.486. The largest absolute Gasteiger partial charge is 0.496 e. The summed E-state index contributed by atoms with van der Waals surface area (Å²) in [5, 5.41) is 4.51. The molecule has 7 nitrogen and oxygen atoms in total. The summed E-state index contributed by atoms with van der Waals surface area (Å²) in [6.07, 6.45) is 5.94. The smallest absolute Gasteiger partial charge is 0.410 e. The van der Waals surface area contributed by atoms with Crippen LogP contribution in [-0.2, 0) is 4.74 Å². The van der Waals surface area contributed by atoms with E-state index in [0.717, 1.165) is 30.3 Å². The molecule has 0 radical (unpaired) electrons. The van der Waals surface area contributed by atoms with Gasteiger partial charge in [0.25, 0.3) is 0 Å². The Labute approximate surface area is 165 Å². The van der Waals surface area contributed by atoms with Crippen molar-refractivity contribution in [2.45, 2.75) is 45.3 Å². The van der Waals surface area contributed by atoms with Gasteiger partial charge in [-0.3, -0.25) is 9.48 Å². The highest BCUT2D eigenvalue weighted by Gasteiger charge is 2.28. The van der Waals surface area contributed by atoms with E-state index in [9.17, 15) is 9.59 Å². The molecule has 1 aromatic carbocycles. The summed E-state index contributed by atoms with van der Waals surface area (Å²) in [7, 11) is 1.61. The van der Waals surface area contributed by atoms with Gasteiger partial charge in [0.1, 0.15) is 17.6 Å². The summed E-state index contributed by atoms with van der Waals surface area (Å²) in [6.45, 7) is 6.89. The van der Waals surface area contributed by atoms with Crippen LogP contribution >= 0.6 is 0 Å². The summed E-state index contributed by atoms with van der Waals surface area (Å²) in [6, 6.07) is 5.54. The second-order valence-corrected chi connectivity index (χ2v) is 7.99. The third-order valence-electron chi connectivity index (χ3n) is 4.76. The number of hydrogen-bond acceptors (Lipinski definition) is 5. The highest BCUT2D eigenvalue weighted by atomic mass is 16.6. The van der Waals surface area contributed by atoms with E-state index >= 15 is 0 Å². The molecule has 2 aromatic rings. The molecule has 1 aliphatic rings. The Morgan fingerprint density at radius 1 is 1.25 bits per heavy atom. The molecule has 1 saturated heterocycles. The lowest BCUT2D eigenvalue weighted by molar-refractivity contribution is 0.0184. The summed E-state index contributed by atoms with van der Waals surface area (Å²) in [4.78, 5) is 25.1. The molecule has 2 heterocycles. The zero-order chi connectivity index (χ0) is 20.3. The van der Waals surface area contributed by atoms with Gasteiger partial charge in [-0.05, 0) is 51.8 Å². The van der Waals surface area contributed by atoms with Crippen LogP contribution in [-0.4, -0.2) is 52.9 Å². The molecule has 1 amide bonds. The molecular formula is C21H27N3O4. The zero-order valence-corrected chi connectivity index (χ0v) is 16.8. The van der Waals surface area contributed by atoms with Crippen molar-refractivity contribution in [2.75, 3.05) is 20.2 Å². The maximum atomic E-state index is 12.2. The van der Waals surface area contributed by atoms with Gasteiger partial charge >= 0.3 is 6.09 Å². The number of amides is 1. The van der Waals surface area contributed by atoms with Gasteiger partial charge in [0.05, 0.1) is 19.3 Å². The van der Waals surface area contributed by atoms with Crippen LogP contribution in [0, 0.1) is 0 Å². The SMILES string of the molecule is COc1ccc(C=O)cc1-c1cnn(C2CCN(C(=O)OC(C)(C)C)CC2)c1. The topological polar surface area (TPSA) is 73.7 Å². The van der Waals surface area contributed by atoms with Crippen molar-refractivity contribution in [3.63, 3.8) is 0 Å². The lowest BCUT2D eigenvalue weighted by Gasteiger charge is -2.33. The molecule has 28 heavy (non-hydrogen) atoms. The molecule has 1 aromatic heterocycles. The van der Waals surface area contributed by atoms with Gasteiger partial charge in [0.15, 0.2) is 0 Å². The molecule has 1 fully saturated rings. The van der Waals surface area contributed by atoms with E-state index in [4.69, 9.17) is 9.47 Å². The lowest BCUT2D eigenvalue weighted by Crippen LogP contribution is -2.42. The molecule has 150 valence electrons. The fourth-order valence-corrected chi connectivity index (χ4v) is 3.34. The first-order chi connectivity index (χ1) is 13.3. The van der Waals surface area contributed by atoms with Crippen molar-refractivity contribution in [1.82, 2.24) is 14.7 Å². The van der Waals surface area contributed by atoms with E-state index in [1.807, 2.05) is 31.6 Å². The number of rotatable bonds is 4. The number of benzene rings is 1. The van der Waals surface area contributed by atoms with Crippen LogP contribution in [0.1, 0.15) is 50.0 Å². The quantitative estimate of drug-likeness (QED) is 0.745. The Balaban J connectivity index is 1.69. The monoisotopic (exact) mass is 385 g/mol. The molecule has 3 rings (SSSR count). The number of hydrogen-bond donors (Lipinski definition) is 0. The van der Waals surface area contributed by atoms with Crippen molar-refractivity contribution >= 4 is 12.4 Å². The van der Waals surface area contributed by atoms with E-state index in [1.165, 1.54) is 0 Å². The number of methoxy groups -OCH3 is 1. The van der Waals surface area contributed by atoms with E-state index in [0.29, 0.717) is 24.4 Å². The maximum Gasteiger partial charge on any atom is 0.410 e. The van der Waals surface area contributed by atoms with Gasteiger partial charge in [0.2, 0.25) is 0 Å². The number of piperidine rings is 1. The first kappa shape index (κ1) is 19.9. The Kier molecular flexibility index (Phi) is 5.72. The van der Waals surface area contributed by atoms with E-state index in [1.54, 1.807) is 36.4 Å². The van der Waals surface area contributed by atoms with E-state index in [-0.39, 0.29) is 12.1 Å². The van der Waals surface area contributed by atoms with E-state index < -0.39 is 5.60 Å². The summed E-state index contributed by atoms with van der Waals surface area (Å²) in [5.41, 5.74) is 1.84. The summed E-state index contributed by atoms with van der Waals surface area (Å²) >= 11 is 0. The van der Waals surface area contributed by atoms with Gasteiger partial charge in [-0.25, -0.2) is 4.79 Å². The fourth-order valence-electron chi connectivity index (χ4n) is 3.34. The first-order valence-electron chi connectivity index (χ1n) is 9.46. The number of nitrogens with zero attached hydrogens (tertiary/aromatic N) is 3. The van der Waals surface area contributed by atoms with E-state index in [2.05, 4.69) is 5.10 Å². The molecule has 0 aliphatic carbocycles. The Hall–Kier alpha value is -2.83. The van der Waals surface area contributed by atoms with Crippen molar-refractivity contribution in [1.29, 1.82) is 0 Å². The van der Waals surface area contributed by atoms with Gasteiger partial charge in [0, 0.05) is 36.0 Å². The highest BCUT2D eigenvalue weighted by Crippen LogP contribution is 2.32. The second-order valence-electron chi connectivity index (χ2n) is 7.99. The minimum Gasteiger partial charge on any atom is -0.496 e. The normalized spacial score (nSPS) is 15.4. The van der Waals surface area contributed by atoms with Crippen LogP contribution in [0.15, 0.2) is 30.6 Å². The van der Waals surface area contributed by atoms with Crippen LogP contribution < -0.4 is 4.74 Å². The minimum absolute atomic E-state index is 0.215. The lowest BCUT2D eigenvalue weighted by atomic mass is 10.0. The summed E-state index contributed by atoms with van der Waals surface area (Å²) < 4.78 is 12.8. The average molecular weight is 385 g/mol. The maximum absolute atomic E-state index is 12.2. The predicted octanol–water partition coefficient (Wildman–Crippen LogP) is 3.94. The molecule has 7 heteroatoms. The molecule has 0 spiro atoms. The third kappa shape index (κ3) is 4.52. The zero-order valence-electron chi connectivity index (χ0n) is 16.8. The number of carbonyl (C=O) groups is 2. The Morgan fingerprint density at radius 2 is 1.96 bits per heavy atom. The van der Waals surface area contributed by atoms with Crippen LogP contribution in [0.25, 0.3) is 11.1 Å². The van der Waals surface area contributed by atoms with Crippen LogP contribution in [0.3, 0.4) is 0 Å². The molecule has 0 atom stereocenters. The summed E-state index contributed by atoms with van der Waals surface area (Å²) in [5.74, 6) is 0.699. The predicted molar refractivity (Wildman–Crippen MR) is 106 cm³/mol. The molecule has 0 saturated carbocycles. The second kappa shape index (κ2) is 8.04. The standard InChI is InChI=1S/C21H27N3O4/c1-21(2,3)28-20(26)23-9-7-17(8-10-23)24-13-16(12-22-24)18-11-15(14-25)5-6-19(18)27-4/h5-6,11-14,17H,7-10H2,1-4H3. The Bertz CT molecular complexity index is 846. The number of carbonyl (C=O) groups excluding carboxylic acids is 2. The molecule has 1 aliphatic heterocycles. The first-order valence-corrected chi connectivity index (χ1v) is 9.46. The van der Waals surface area contributed by atoms with Gasteiger partial charge in [-0.1, -0.05) is 0 Å². The van der Waals surface area contributed by atoms with Crippen molar-refractivity contribution in [3.8, 4) is 16.9 Å². The Morgan fingerprint density at radius 3 is 2.57 bits per heavy atom. The van der Waals surface area contributed by atoms with Crippen LogP contribution in [0.2, 0.25) is 0 Å². The number of aldehydes is 1.